The molecule has 0 N–H and O–H groups in total. The fourth-order valence-electron chi connectivity index (χ4n) is 5.43. The van der Waals surface area contributed by atoms with Crippen LogP contribution in [0.5, 0.6) is 11.5 Å². The van der Waals surface area contributed by atoms with Crippen molar-refractivity contribution in [3.63, 3.8) is 0 Å². The van der Waals surface area contributed by atoms with Gasteiger partial charge in [0.05, 0.1) is 26.3 Å². The third-order valence-corrected chi connectivity index (χ3v) is 8.32. The van der Waals surface area contributed by atoms with Crippen LogP contribution in [0.25, 0.3) is 0 Å². The van der Waals surface area contributed by atoms with Crippen molar-refractivity contribution < 1.29 is 23.9 Å². The van der Waals surface area contributed by atoms with Crippen molar-refractivity contribution in [2.24, 2.45) is 0 Å². The summed E-state index contributed by atoms with van der Waals surface area (Å²) in [5, 5.41) is 0.744. The number of halogens is 2. The number of pyridine rings is 1. The van der Waals surface area contributed by atoms with Gasteiger partial charge in [-0.05, 0) is 85.6 Å². The highest BCUT2D eigenvalue weighted by Crippen LogP contribution is 2.49. The standard InChI is InChI=1S/C33H29Cl2N3O5/c1-5-37(31(40)21-7-6-14-36-18-21)30(39)20-9-12-27(35)25(15-20)33(2)26-16-23(34)10-13-28(26)38(32(33)41)19-22-8-11-24(42-3)17-29(22)43-4/h6-18H,5,19H2,1-4H3. The highest BCUT2D eigenvalue weighted by molar-refractivity contribution is 6.33. The summed E-state index contributed by atoms with van der Waals surface area (Å²) in [4.78, 5) is 48.1. The van der Waals surface area contributed by atoms with E-state index in [4.69, 9.17) is 32.7 Å². The van der Waals surface area contributed by atoms with Crippen LogP contribution in [0.4, 0.5) is 5.69 Å². The highest BCUT2D eigenvalue weighted by Gasteiger charge is 2.50. The number of hydrogen-bond donors (Lipinski definition) is 0. The van der Waals surface area contributed by atoms with Crippen LogP contribution in [0.1, 0.15) is 51.3 Å². The largest absolute Gasteiger partial charge is 0.497 e. The number of rotatable bonds is 8. The van der Waals surface area contributed by atoms with Crippen LogP contribution in [-0.2, 0) is 16.8 Å². The lowest BCUT2D eigenvalue weighted by molar-refractivity contribution is -0.121. The fourth-order valence-corrected chi connectivity index (χ4v) is 5.91. The molecule has 0 bridgehead atoms. The quantitative estimate of drug-likeness (QED) is 0.208. The number of benzene rings is 3. The third-order valence-electron chi connectivity index (χ3n) is 7.75. The maximum absolute atomic E-state index is 14.4. The number of ether oxygens (including phenoxy) is 2. The summed E-state index contributed by atoms with van der Waals surface area (Å²) in [6, 6.07) is 18.6. The molecule has 0 fully saturated rings. The van der Waals surface area contributed by atoms with Crippen molar-refractivity contribution in [3.05, 3.63) is 117 Å². The summed E-state index contributed by atoms with van der Waals surface area (Å²) in [7, 11) is 3.13. The number of nitrogens with zero attached hydrogens (tertiary/aromatic N) is 3. The lowest BCUT2D eigenvalue weighted by Crippen LogP contribution is -2.40. The smallest absolute Gasteiger partial charge is 0.262 e. The molecule has 4 aromatic rings. The third kappa shape index (κ3) is 5.32. The van der Waals surface area contributed by atoms with Crippen molar-refractivity contribution in [2.75, 3.05) is 25.7 Å². The monoisotopic (exact) mass is 617 g/mol. The summed E-state index contributed by atoms with van der Waals surface area (Å²) >= 11 is 13.2. The van der Waals surface area contributed by atoms with Crippen LogP contribution < -0.4 is 14.4 Å². The van der Waals surface area contributed by atoms with Crippen LogP contribution >= 0.6 is 23.2 Å². The molecule has 220 valence electrons. The minimum absolute atomic E-state index is 0.136. The average Bonchev–Trinajstić information content (AvgIpc) is 3.23. The Kier molecular flexibility index (Phi) is 8.44. The molecule has 1 aromatic heterocycles. The first-order valence-corrected chi connectivity index (χ1v) is 14.3. The van der Waals surface area contributed by atoms with Gasteiger partial charge in [0.1, 0.15) is 16.9 Å². The Bertz CT molecular complexity index is 1730. The Balaban J connectivity index is 1.57. The molecule has 3 aromatic carbocycles. The van der Waals surface area contributed by atoms with Crippen LogP contribution in [0.2, 0.25) is 10.0 Å². The predicted octanol–water partition coefficient (Wildman–Crippen LogP) is 6.56. The summed E-state index contributed by atoms with van der Waals surface area (Å²) in [6.07, 6.45) is 2.97. The molecule has 0 spiro atoms. The molecule has 1 aliphatic rings. The summed E-state index contributed by atoms with van der Waals surface area (Å²) < 4.78 is 10.9. The molecule has 43 heavy (non-hydrogen) atoms. The van der Waals surface area contributed by atoms with Gasteiger partial charge in [0.15, 0.2) is 0 Å². The van der Waals surface area contributed by atoms with E-state index in [1.165, 1.54) is 6.20 Å². The van der Waals surface area contributed by atoms with Crippen LogP contribution in [-0.4, -0.2) is 48.4 Å². The predicted molar refractivity (Wildman–Crippen MR) is 165 cm³/mol. The molecule has 0 saturated heterocycles. The van der Waals surface area contributed by atoms with Crippen LogP contribution in [0.3, 0.4) is 0 Å². The SMILES string of the molecule is CCN(C(=O)c1cccnc1)C(=O)c1ccc(Cl)c(C2(C)C(=O)N(Cc3ccc(OC)cc3OC)c3ccc(Cl)cc32)c1. The summed E-state index contributed by atoms with van der Waals surface area (Å²) in [5.74, 6) is -0.0547. The van der Waals surface area contributed by atoms with E-state index in [9.17, 15) is 14.4 Å². The van der Waals surface area contributed by atoms with Crippen LogP contribution in [0, 0.1) is 0 Å². The molecule has 8 nitrogen and oxygen atoms in total. The van der Waals surface area contributed by atoms with Crippen LogP contribution in [0.15, 0.2) is 79.1 Å². The van der Waals surface area contributed by atoms with Crippen molar-refractivity contribution in [1.82, 2.24) is 9.88 Å². The first kappa shape index (κ1) is 30.1. The molecule has 10 heteroatoms. The highest BCUT2D eigenvalue weighted by atomic mass is 35.5. The number of carbonyl (C=O) groups excluding carboxylic acids is 3. The molecule has 2 heterocycles. The van der Waals surface area contributed by atoms with E-state index in [2.05, 4.69) is 4.98 Å². The zero-order valence-electron chi connectivity index (χ0n) is 24.1. The Morgan fingerprint density at radius 3 is 2.37 bits per heavy atom. The van der Waals surface area contributed by atoms with E-state index in [1.807, 2.05) is 6.07 Å². The number of hydrogen-bond acceptors (Lipinski definition) is 6. The van der Waals surface area contributed by atoms with Gasteiger partial charge in [-0.15, -0.1) is 0 Å². The first-order chi connectivity index (χ1) is 20.6. The first-order valence-electron chi connectivity index (χ1n) is 13.5. The van der Waals surface area contributed by atoms with Crippen molar-refractivity contribution in [2.45, 2.75) is 25.8 Å². The zero-order valence-corrected chi connectivity index (χ0v) is 25.6. The lowest BCUT2D eigenvalue weighted by Gasteiger charge is -2.27. The molecule has 1 unspecified atom stereocenters. The molecular weight excluding hydrogens is 589 g/mol. The van der Waals surface area contributed by atoms with Gasteiger partial charge < -0.3 is 14.4 Å². The van der Waals surface area contributed by atoms with Gasteiger partial charge in [0.25, 0.3) is 11.8 Å². The average molecular weight is 619 g/mol. The van der Waals surface area contributed by atoms with Crippen molar-refractivity contribution in [3.8, 4) is 11.5 Å². The van der Waals surface area contributed by atoms with Gasteiger partial charge in [-0.25, -0.2) is 0 Å². The number of fused-ring (bicyclic) bond motifs is 1. The van der Waals surface area contributed by atoms with Crippen molar-refractivity contribution in [1.29, 1.82) is 0 Å². The number of anilines is 1. The number of imide groups is 1. The Hall–Kier alpha value is -4.40. The Morgan fingerprint density at radius 1 is 0.930 bits per heavy atom. The maximum atomic E-state index is 14.4. The van der Waals surface area contributed by atoms with Gasteiger partial charge in [-0.3, -0.25) is 24.3 Å². The Labute approximate surface area is 259 Å². The molecule has 0 saturated carbocycles. The number of aromatic nitrogens is 1. The van der Waals surface area contributed by atoms with E-state index in [1.54, 1.807) is 99.8 Å². The van der Waals surface area contributed by atoms with E-state index < -0.39 is 17.2 Å². The number of methoxy groups -OCH3 is 2. The van der Waals surface area contributed by atoms with Gasteiger partial charge in [-0.2, -0.15) is 0 Å². The number of amides is 3. The molecule has 5 rings (SSSR count). The molecule has 1 atom stereocenters. The normalized spacial score (nSPS) is 15.7. The zero-order chi connectivity index (χ0) is 30.9. The van der Waals surface area contributed by atoms with Gasteiger partial charge in [0.2, 0.25) is 5.91 Å². The maximum Gasteiger partial charge on any atom is 0.262 e. The second kappa shape index (κ2) is 12.1. The summed E-state index contributed by atoms with van der Waals surface area (Å²) in [6.45, 7) is 3.82. The number of carbonyl (C=O) groups is 3. The van der Waals surface area contributed by atoms with E-state index in [-0.39, 0.29) is 30.1 Å². The minimum atomic E-state index is -1.29. The molecule has 0 aliphatic carbocycles. The summed E-state index contributed by atoms with van der Waals surface area (Å²) in [5.41, 5.74) is 1.70. The van der Waals surface area contributed by atoms with Crippen molar-refractivity contribution >= 4 is 46.6 Å². The second-order valence-corrected chi connectivity index (χ2v) is 11.0. The molecular formula is C33H29Cl2N3O5. The second-order valence-electron chi connectivity index (χ2n) is 10.1. The molecule has 1 aliphatic heterocycles. The molecule has 0 radical (unpaired) electrons. The molecule has 3 amide bonds. The van der Waals surface area contributed by atoms with E-state index in [0.717, 1.165) is 10.5 Å². The van der Waals surface area contributed by atoms with E-state index >= 15 is 0 Å². The topological polar surface area (TPSA) is 89.0 Å². The van der Waals surface area contributed by atoms with Gasteiger partial charge in [-0.1, -0.05) is 23.2 Å². The lowest BCUT2D eigenvalue weighted by atomic mass is 9.76. The Morgan fingerprint density at radius 2 is 1.70 bits per heavy atom. The van der Waals surface area contributed by atoms with Gasteiger partial charge >= 0.3 is 0 Å². The fraction of sp³-hybridized carbons (Fsp3) is 0.212. The van der Waals surface area contributed by atoms with Gasteiger partial charge in [0, 0.05) is 51.9 Å². The van der Waals surface area contributed by atoms with E-state index in [0.29, 0.717) is 38.4 Å². The minimum Gasteiger partial charge on any atom is -0.497 e.